The smallest absolute Gasteiger partial charge is 0.187 e. The fourth-order valence-corrected chi connectivity index (χ4v) is 3.34. The molecule has 4 heteroatoms. The van der Waals surface area contributed by atoms with E-state index in [-0.39, 0.29) is 12.3 Å². The first kappa shape index (κ1) is 14.1. The maximum absolute atomic E-state index is 6.11. The lowest BCUT2D eigenvalue weighted by molar-refractivity contribution is -0.0188. The molecule has 2 aromatic carbocycles. The average Bonchev–Trinajstić information content (AvgIpc) is 3.06. The van der Waals surface area contributed by atoms with Crippen molar-refractivity contribution >= 4 is 5.71 Å². The number of rotatable bonds is 3. The Bertz CT molecular complexity index is 739. The van der Waals surface area contributed by atoms with Crippen molar-refractivity contribution in [1.82, 2.24) is 5.01 Å². The van der Waals surface area contributed by atoms with Crippen LogP contribution in [0.3, 0.4) is 0 Å². The molecule has 0 bridgehead atoms. The summed E-state index contributed by atoms with van der Waals surface area (Å²) in [5.41, 5.74) is 3.48. The van der Waals surface area contributed by atoms with Gasteiger partial charge in [-0.15, -0.1) is 0 Å². The van der Waals surface area contributed by atoms with Gasteiger partial charge in [0.15, 0.2) is 6.23 Å². The molecule has 2 heterocycles. The van der Waals surface area contributed by atoms with E-state index in [2.05, 4.69) is 42.3 Å². The van der Waals surface area contributed by atoms with Crippen molar-refractivity contribution in [3.05, 3.63) is 59.7 Å². The van der Waals surface area contributed by atoms with Gasteiger partial charge in [-0.05, 0) is 35.9 Å². The van der Waals surface area contributed by atoms with Gasteiger partial charge in [-0.25, -0.2) is 0 Å². The number of ether oxygens (including phenoxy) is 2. The number of hydrogen-bond donors (Lipinski definition) is 0. The molecule has 2 aliphatic heterocycles. The highest BCUT2D eigenvalue weighted by atomic mass is 16.5. The largest absolute Gasteiger partial charge is 0.497 e. The number of hydrogen-bond acceptors (Lipinski definition) is 4. The summed E-state index contributed by atoms with van der Waals surface area (Å²) < 4.78 is 11.4. The summed E-state index contributed by atoms with van der Waals surface area (Å²) in [6, 6.07) is 16.7. The van der Waals surface area contributed by atoms with E-state index in [0.717, 1.165) is 35.6 Å². The molecule has 0 unspecified atom stereocenters. The molecule has 0 amide bonds. The maximum Gasteiger partial charge on any atom is 0.187 e. The van der Waals surface area contributed by atoms with Crippen molar-refractivity contribution in [2.24, 2.45) is 5.10 Å². The standard InChI is InChI=1S/C19H20N2O2/c1-3-19-21-17(15-6-4-5-7-18(15)23-19)12-16(20-21)13-8-10-14(22-2)11-9-13/h4-11,17,19H,3,12H2,1-2H3/t17-,19-/m0/s1. The molecule has 4 nitrogen and oxygen atoms in total. The van der Waals surface area contributed by atoms with E-state index in [9.17, 15) is 0 Å². The quantitative estimate of drug-likeness (QED) is 0.860. The molecule has 0 radical (unpaired) electrons. The van der Waals surface area contributed by atoms with E-state index >= 15 is 0 Å². The fraction of sp³-hybridized carbons (Fsp3) is 0.316. The van der Waals surface area contributed by atoms with Crippen LogP contribution in [-0.2, 0) is 0 Å². The molecule has 0 spiro atoms. The Morgan fingerprint density at radius 1 is 1.17 bits per heavy atom. The third kappa shape index (κ3) is 2.34. The number of para-hydroxylation sites is 1. The third-order valence-corrected chi connectivity index (χ3v) is 4.55. The van der Waals surface area contributed by atoms with E-state index in [0.29, 0.717) is 0 Å². The van der Waals surface area contributed by atoms with E-state index < -0.39 is 0 Å². The highest BCUT2D eigenvalue weighted by Gasteiger charge is 2.39. The first-order valence-electron chi connectivity index (χ1n) is 8.06. The van der Waals surface area contributed by atoms with Crippen LogP contribution in [-0.4, -0.2) is 24.1 Å². The van der Waals surface area contributed by atoms with Gasteiger partial charge in [0.25, 0.3) is 0 Å². The minimum atomic E-state index is 0.00523. The fourth-order valence-electron chi connectivity index (χ4n) is 3.34. The Kier molecular flexibility index (Phi) is 3.45. The van der Waals surface area contributed by atoms with E-state index in [1.165, 1.54) is 5.56 Å². The number of methoxy groups -OCH3 is 1. The lowest BCUT2D eigenvalue weighted by atomic mass is 9.96. The van der Waals surface area contributed by atoms with E-state index in [4.69, 9.17) is 14.6 Å². The monoisotopic (exact) mass is 308 g/mol. The molecule has 0 N–H and O–H groups in total. The SMILES string of the molecule is CC[C@@H]1Oc2ccccc2[C@@H]2CC(c3ccc(OC)cc3)=NN12. The molecular formula is C19H20N2O2. The third-order valence-electron chi connectivity index (χ3n) is 4.55. The molecule has 0 aromatic heterocycles. The number of benzene rings is 2. The predicted octanol–water partition coefficient (Wildman–Crippen LogP) is 3.97. The summed E-state index contributed by atoms with van der Waals surface area (Å²) in [4.78, 5) is 0. The first-order chi connectivity index (χ1) is 11.3. The Hall–Kier alpha value is -2.49. The van der Waals surface area contributed by atoms with Crippen LogP contribution in [0.5, 0.6) is 11.5 Å². The lowest BCUT2D eigenvalue weighted by Crippen LogP contribution is -2.39. The van der Waals surface area contributed by atoms with E-state index in [1.54, 1.807) is 7.11 Å². The Balaban J connectivity index is 1.69. The average molecular weight is 308 g/mol. The molecule has 2 aromatic rings. The second-order valence-corrected chi connectivity index (χ2v) is 5.89. The molecule has 4 rings (SSSR count). The Morgan fingerprint density at radius 2 is 1.96 bits per heavy atom. The van der Waals surface area contributed by atoms with Crippen LogP contribution in [0, 0.1) is 0 Å². The minimum absolute atomic E-state index is 0.00523. The molecule has 2 atom stereocenters. The molecule has 0 saturated carbocycles. The summed E-state index contributed by atoms with van der Waals surface area (Å²) in [6.45, 7) is 2.14. The van der Waals surface area contributed by atoms with Gasteiger partial charge in [-0.1, -0.05) is 25.1 Å². The maximum atomic E-state index is 6.11. The van der Waals surface area contributed by atoms with Gasteiger partial charge >= 0.3 is 0 Å². The van der Waals surface area contributed by atoms with Gasteiger partial charge in [-0.3, -0.25) is 5.01 Å². The van der Waals surface area contributed by atoms with Crippen LogP contribution in [0.2, 0.25) is 0 Å². The second-order valence-electron chi connectivity index (χ2n) is 5.89. The molecule has 0 fully saturated rings. The van der Waals surface area contributed by atoms with Crippen LogP contribution < -0.4 is 9.47 Å². The van der Waals surface area contributed by atoms with E-state index in [1.807, 2.05) is 18.2 Å². The van der Waals surface area contributed by atoms with Crippen molar-refractivity contribution in [3.63, 3.8) is 0 Å². The van der Waals surface area contributed by atoms with Gasteiger partial charge in [0, 0.05) is 18.4 Å². The van der Waals surface area contributed by atoms with Gasteiger partial charge in [0.2, 0.25) is 0 Å². The zero-order chi connectivity index (χ0) is 15.8. The summed E-state index contributed by atoms with van der Waals surface area (Å²) in [7, 11) is 1.68. The summed E-state index contributed by atoms with van der Waals surface area (Å²) in [5.74, 6) is 1.86. The highest BCUT2D eigenvalue weighted by molar-refractivity contribution is 6.02. The van der Waals surface area contributed by atoms with Crippen molar-refractivity contribution in [2.75, 3.05) is 7.11 Å². The number of fused-ring (bicyclic) bond motifs is 3. The lowest BCUT2D eigenvalue weighted by Gasteiger charge is -2.37. The molecular weight excluding hydrogens is 288 g/mol. The Morgan fingerprint density at radius 3 is 2.70 bits per heavy atom. The molecule has 2 aliphatic rings. The van der Waals surface area contributed by atoms with Gasteiger partial charge in [0.05, 0.1) is 18.9 Å². The highest BCUT2D eigenvalue weighted by Crippen LogP contribution is 2.43. The van der Waals surface area contributed by atoms with Crippen LogP contribution in [0.25, 0.3) is 0 Å². The van der Waals surface area contributed by atoms with Crippen molar-refractivity contribution in [3.8, 4) is 11.5 Å². The van der Waals surface area contributed by atoms with Crippen LogP contribution >= 0.6 is 0 Å². The number of hydrazone groups is 1. The molecule has 23 heavy (non-hydrogen) atoms. The Labute approximate surface area is 136 Å². The van der Waals surface area contributed by atoms with Crippen LogP contribution in [0.1, 0.15) is 36.9 Å². The first-order valence-corrected chi connectivity index (χ1v) is 8.06. The van der Waals surface area contributed by atoms with Gasteiger partial charge in [-0.2, -0.15) is 5.10 Å². The molecule has 0 saturated heterocycles. The second kappa shape index (κ2) is 5.61. The molecule has 118 valence electrons. The predicted molar refractivity (Wildman–Crippen MR) is 89.9 cm³/mol. The van der Waals surface area contributed by atoms with Crippen LogP contribution in [0.4, 0.5) is 0 Å². The summed E-state index contributed by atoms with van der Waals surface area (Å²) >= 11 is 0. The normalized spacial score (nSPS) is 22.0. The van der Waals surface area contributed by atoms with Crippen molar-refractivity contribution in [2.45, 2.75) is 32.0 Å². The van der Waals surface area contributed by atoms with Gasteiger partial charge < -0.3 is 9.47 Å². The zero-order valence-corrected chi connectivity index (χ0v) is 13.4. The topological polar surface area (TPSA) is 34.1 Å². The summed E-state index contributed by atoms with van der Waals surface area (Å²) in [5, 5.41) is 7.00. The minimum Gasteiger partial charge on any atom is -0.497 e. The van der Waals surface area contributed by atoms with Crippen molar-refractivity contribution in [1.29, 1.82) is 0 Å². The molecule has 0 aliphatic carbocycles. The van der Waals surface area contributed by atoms with Gasteiger partial charge in [0.1, 0.15) is 11.5 Å². The van der Waals surface area contributed by atoms with Crippen LogP contribution in [0.15, 0.2) is 53.6 Å². The zero-order valence-electron chi connectivity index (χ0n) is 13.4. The number of nitrogens with zero attached hydrogens (tertiary/aromatic N) is 2. The summed E-state index contributed by atoms with van der Waals surface area (Å²) in [6.07, 6.45) is 1.82. The van der Waals surface area contributed by atoms with Crippen molar-refractivity contribution < 1.29 is 9.47 Å².